The number of hydrogen-bond donors (Lipinski definition) is 0. The molecule has 0 heterocycles. The van der Waals surface area contributed by atoms with E-state index in [0.717, 1.165) is 18.2 Å². The normalized spacial score (nSPS) is 10.3. The first-order chi connectivity index (χ1) is 9.58. The van der Waals surface area contributed by atoms with E-state index in [1.165, 1.54) is 0 Å². The van der Waals surface area contributed by atoms with Crippen molar-refractivity contribution in [1.82, 2.24) is 0 Å². The van der Waals surface area contributed by atoms with Crippen molar-refractivity contribution in [3.8, 4) is 5.75 Å². The number of carbonyl (C=O) groups is 1. The summed E-state index contributed by atoms with van der Waals surface area (Å²) in [4.78, 5) is 12.0. The van der Waals surface area contributed by atoms with Crippen LogP contribution in [0.2, 0.25) is 0 Å². The molecule has 0 amide bonds. The standard InChI is InChI=1S/C16H14F2O2/c1-2-20-15-5-3-12(4-6-15)16(19)9-11-7-13(17)10-14(18)8-11/h3-8,10H,2,9H2,1H3. The Hall–Kier alpha value is -2.23. The Kier molecular flexibility index (Phi) is 4.45. The molecule has 0 saturated carbocycles. The Bertz CT molecular complexity index is 586. The van der Waals surface area contributed by atoms with Gasteiger partial charge in [-0.2, -0.15) is 0 Å². The van der Waals surface area contributed by atoms with Crippen LogP contribution >= 0.6 is 0 Å². The lowest BCUT2D eigenvalue weighted by Gasteiger charge is -2.05. The zero-order valence-corrected chi connectivity index (χ0v) is 11.0. The van der Waals surface area contributed by atoms with Crippen LogP contribution in [0.25, 0.3) is 0 Å². The molecule has 0 radical (unpaired) electrons. The highest BCUT2D eigenvalue weighted by molar-refractivity contribution is 5.97. The van der Waals surface area contributed by atoms with Gasteiger partial charge in [0.05, 0.1) is 6.61 Å². The van der Waals surface area contributed by atoms with E-state index in [1.807, 2.05) is 6.92 Å². The zero-order valence-electron chi connectivity index (χ0n) is 11.0. The summed E-state index contributed by atoms with van der Waals surface area (Å²) in [6.07, 6.45) is -0.0390. The first-order valence-electron chi connectivity index (χ1n) is 6.29. The summed E-state index contributed by atoms with van der Waals surface area (Å²) >= 11 is 0. The van der Waals surface area contributed by atoms with Crippen LogP contribution in [-0.4, -0.2) is 12.4 Å². The molecular weight excluding hydrogens is 262 g/mol. The number of Topliss-reactive ketones (excluding diaryl/α,β-unsaturated/α-hetero) is 1. The minimum absolute atomic E-state index is 0.0390. The highest BCUT2D eigenvalue weighted by Gasteiger charge is 2.09. The molecule has 0 saturated heterocycles. The third kappa shape index (κ3) is 3.63. The molecule has 0 spiro atoms. The Morgan fingerprint density at radius 1 is 1.05 bits per heavy atom. The molecule has 2 aromatic carbocycles. The molecule has 0 aromatic heterocycles. The summed E-state index contributed by atoms with van der Waals surface area (Å²) in [6, 6.07) is 9.79. The predicted octanol–water partition coefficient (Wildman–Crippen LogP) is 3.79. The van der Waals surface area contributed by atoms with E-state index in [2.05, 4.69) is 0 Å². The fourth-order valence-electron chi connectivity index (χ4n) is 1.90. The van der Waals surface area contributed by atoms with Crippen LogP contribution < -0.4 is 4.74 Å². The van der Waals surface area contributed by atoms with Gasteiger partial charge in [0, 0.05) is 18.1 Å². The second kappa shape index (κ2) is 6.28. The lowest BCUT2D eigenvalue weighted by molar-refractivity contribution is 0.0993. The van der Waals surface area contributed by atoms with Crippen LogP contribution in [0, 0.1) is 11.6 Å². The average Bonchev–Trinajstić information content (AvgIpc) is 2.38. The van der Waals surface area contributed by atoms with Gasteiger partial charge < -0.3 is 4.74 Å². The summed E-state index contributed by atoms with van der Waals surface area (Å²) in [6.45, 7) is 2.42. The molecular formula is C16H14F2O2. The number of carbonyl (C=O) groups excluding carboxylic acids is 1. The molecule has 0 unspecified atom stereocenters. The van der Waals surface area contributed by atoms with E-state index in [-0.39, 0.29) is 12.2 Å². The molecule has 104 valence electrons. The van der Waals surface area contributed by atoms with Crippen molar-refractivity contribution in [2.45, 2.75) is 13.3 Å². The summed E-state index contributed by atoms with van der Waals surface area (Å²) in [5.41, 5.74) is 0.805. The maximum absolute atomic E-state index is 13.1. The highest BCUT2D eigenvalue weighted by Crippen LogP contribution is 2.15. The summed E-state index contributed by atoms with van der Waals surface area (Å²) < 4.78 is 31.4. The molecule has 0 atom stereocenters. The number of rotatable bonds is 5. The zero-order chi connectivity index (χ0) is 14.5. The SMILES string of the molecule is CCOc1ccc(C(=O)Cc2cc(F)cc(F)c2)cc1. The summed E-state index contributed by atoms with van der Waals surface area (Å²) in [5.74, 6) is -0.877. The maximum Gasteiger partial charge on any atom is 0.167 e. The molecule has 0 aliphatic carbocycles. The molecule has 2 nitrogen and oxygen atoms in total. The lowest BCUT2D eigenvalue weighted by atomic mass is 10.0. The van der Waals surface area contributed by atoms with E-state index in [1.54, 1.807) is 24.3 Å². The van der Waals surface area contributed by atoms with Gasteiger partial charge in [-0.25, -0.2) is 8.78 Å². The van der Waals surface area contributed by atoms with Crippen LogP contribution in [-0.2, 0) is 6.42 Å². The van der Waals surface area contributed by atoms with E-state index < -0.39 is 11.6 Å². The molecule has 0 aliphatic rings. The van der Waals surface area contributed by atoms with Gasteiger partial charge in [0.1, 0.15) is 17.4 Å². The van der Waals surface area contributed by atoms with Gasteiger partial charge >= 0.3 is 0 Å². The van der Waals surface area contributed by atoms with Crippen LogP contribution in [0.15, 0.2) is 42.5 Å². The highest BCUT2D eigenvalue weighted by atomic mass is 19.1. The average molecular weight is 276 g/mol. The fraction of sp³-hybridized carbons (Fsp3) is 0.188. The first-order valence-corrected chi connectivity index (χ1v) is 6.29. The predicted molar refractivity (Wildman–Crippen MR) is 72.0 cm³/mol. The van der Waals surface area contributed by atoms with Crippen LogP contribution in [0.5, 0.6) is 5.75 Å². The Labute approximate surface area is 116 Å². The second-order valence-corrected chi connectivity index (χ2v) is 4.34. The summed E-state index contributed by atoms with van der Waals surface area (Å²) in [7, 11) is 0. The van der Waals surface area contributed by atoms with Crippen LogP contribution in [0.4, 0.5) is 8.78 Å². The molecule has 0 aliphatic heterocycles. The van der Waals surface area contributed by atoms with E-state index >= 15 is 0 Å². The molecule has 4 heteroatoms. The Balaban J connectivity index is 2.11. The Morgan fingerprint density at radius 2 is 1.65 bits per heavy atom. The summed E-state index contributed by atoms with van der Waals surface area (Å²) in [5, 5.41) is 0. The molecule has 2 rings (SSSR count). The number of ketones is 1. The largest absolute Gasteiger partial charge is 0.494 e. The van der Waals surface area contributed by atoms with Crippen molar-refractivity contribution in [1.29, 1.82) is 0 Å². The third-order valence-electron chi connectivity index (χ3n) is 2.77. The minimum Gasteiger partial charge on any atom is -0.494 e. The van der Waals surface area contributed by atoms with Gasteiger partial charge in [0.2, 0.25) is 0 Å². The number of halogens is 2. The number of benzene rings is 2. The number of ether oxygens (including phenoxy) is 1. The number of hydrogen-bond acceptors (Lipinski definition) is 2. The molecule has 0 N–H and O–H groups in total. The van der Waals surface area contributed by atoms with Crippen LogP contribution in [0.3, 0.4) is 0 Å². The van der Waals surface area contributed by atoms with Crippen molar-refractivity contribution in [2.75, 3.05) is 6.61 Å². The Morgan fingerprint density at radius 3 is 2.20 bits per heavy atom. The van der Waals surface area contributed by atoms with Crippen molar-refractivity contribution < 1.29 is 18.3 Å². The van der Waals surface area contributed by atoms with Crippen molar-refractivity contribution in [2.24, 2.45) is 0 Å². The van der Waals surface area contributed by atoms with Gasteiger partial charge in [0.25, 0.3) is 0 Å². The molecule has 0 fully saturated rings. The van der Waals surface area contributed by atoms with Crippen molar-refractivity contribution >= 4 is 5.78 Å². The first kappa shape index (κ1) is 14.2. The van der Waals surface area contributed by atoms with Gasteiger partial charge in [-0.15, -0.1) is 0 Å². The van der Waals surface area contributed by atoms with E-state index in [4.69, 9.17) is 4.74 Å². The minimum atomic E-state index is -0.681. The van der Waals surface area contributed by atoms with Crippen LogP contribution in [0.1, 0.15) is 22.8 Å². The molecule has 20 heavy (non-hydrogen) atoms. The topological polar surface area (TPSA) is 26.3 Å². The second-order valence-electron chi connectivity index (χ2n) is 4.34. The van der Waals surface area contributed by atoms with E-state index in [9.17, 15) is 13.6 Å². The van der Waals surface area contributed by atoms with Crippen molar-refractivity contribution in [3.63, 3.8) is 0 Å². The van der Waals surface area contributed by atoms with Crippen molar-refractivity contribution in [3.05, 3.63) is 65.2 Å². The van der Waals surface area contributed by atoms with Gasteiger partial charge in [-0.05, 0) is 48.9 Å². The quantitative estimate of drug-likeness (QED) is 0.777. The van der Waals surface area contributed by atoms with E-state index in [0.29, 0.717) is 23.5 Å². The van der Waals surface area contributed by atoms with Gasteiger partial charge in [-0.1, -0.05) is 0 Å². The molecule has 2 aromatic rings. The van der Waals surface area contributed by atoms with Gasteiger partial charge in [0.15, 0.2) is 5.78 Å². The monoisotopic (exact) mass is 276 g/mol. The molecule has 0 bridgehead atoms. The van der Waals surface area contributed by atoms with Gasteiger partial charge in [-0.3, -0.25) is 4.79 Å². The smallest absolute Gasteiger partial charge is 0.167 e. The fourth-order valence-corrected chi connectivity index (χ4v) is 1.90. The lowest BCUT2D eigenvalue weighted by Crippen LogP contribution is -2.04. The maximum atomic E-state index is 13.1. The third-order valence-corrected chi connectivity index (χ3v) is 2.77.